The number of rotatable bonds is 4. The van der Waals surface area contributed by atoms with E-state index in [9.17, 15) is 0 Å². The molecule has 0 fully saturated rings. The molecule has 0 atom stereocenters. The summed E-state index contributed by atoms with van der Waals surface area (Å²) in [6.45, 7) is 0. The third-order valence-electron chi connectivity index (χ3n) is 3.83. The van der Waals surface area contributed by atoms with E-state index < -0.39 is 0 Å². The van der Waals surface area contributed by atoms with Crippen LogP contribution in [0.15, 0.2) is 77.2 Å². The lowest BCUT2D eigenvalue weighted by molar-refractivity contribution is 0.416. The van der Waals surface area contributed by atoms with Crippen LogP contribution in [0, 0.1) is 0 Å². The van der Waals surface area contributed by atoms with E-state index >= 15 is 0 Å². The zero-order valence-corrected chi connectivity index (χ0v) is 13.2. The minimum absolute atomic E-state index is 0.480. The molecule has 0 aliphatic rings. The van der Waals surface area contributed by atoms with Crippen LogP contribution < -0.4 is 10.1 Å². The molecule has 1 aromatic heterocycles. The molecule has 0 amide bonds. The Morgan fingerprint density at radius 3 is 2.54 bits per heavy atom. The predicted octanol–water partition coefficient (Wildman–Crippen LogP) is 5.25. The number of para-hydroxylation sites is 2. The molecular formula is C20H16N2O2. The summed E-state index contributed by atoms with van der Waals surface area (Å²) in [5.74, 6) is 0.836. The van der Waals surface area contributed by atoms with E-state index in [0.717, 1.165) is 33.7 Å². The molecule has 0 aliphatic carbocycles. The molecule has 1 N–H and O–H groups in total. The second-order valence-electron chi connectivity index (χ2n) is 5.39. The van der Waals surface area contributed by atoms with Gasteiger partial charge in [0.15, 0.2) is 5.58 Å². The quantitative estimate of drug-likeness (QED) is 0.559. The van der Waals surface area contributed by atoms with Gasteiger partial charge in [0.05, 0.1) is 7.11 Å². The van der Waals surface area contributed by atoms with E-state index in [1.54, 1.807) is 7.11 Å². The second-order valence-corrected chi connectivity index (χ2v) is 5.39. The van der Waals surface area contributed by atoms with Crippen molar-refractivity contribution in [3.05, 3.63) is 72.8 Å². The third-order valence-corrected chi connectivity index (χ3v) is 3.83. The number of aromatic nitrogens is 1. The first-order chi connectivity index (χ1) is 11.8. The molecule has 4 rings (SSSR count). The third kappa shape index (κ3) is 2.70. The van der Waals surface area contributed by atoms with Crippen LogP contribution in [0.3, 0.4) is 0 Å². The van der Waals surface area contributed by atoms with Gasteiger partial charge in [-0.05, 0) is 35.9 Å². The zero-order chi connectivity index (χ0) is 16.4. The van der Waals surface area contributed by atoms with Gasteiger partial charge in [0.25, 0.3) is 6.01 Å². The van der Waals surface area contributed by atoms with E-state index in [4.69, 9.17) is 9.15 Å². The van der Waals surface area contributed by atoms with Gasteiger partial charge in [0.1, 0.15) is 11.3 Å². The van der Waals surface area contributed by atoms with Crippen molar-refractivity contribution >= 4 is 22.8 Å². The fraction of sp³-hybridized carbons (Fsp3) is 0.0500. The van der Waals surface area contributed by atoms with E-state index in [2.05, 4.69) is 10.3 Å². The molecule has 4 heteroatoms. The Kier molecular flexibility index (Phi) is 3.63. The second kappa shape index (κ2) is 6.08. The Labute approximate surface area is 139 Å². The number of hydrogen-bond acceptors (Lipinski definition) is 4. The van der Waals surface area contributed by atoms with E-state index in [0.29, 0.717) is 6.01 Å². The van der Waals surface area contributed by atoms with Gasteiger partial charge in [-0.3, -0.25) is 0 Å². The van der Waals surface area contributed by atoms with Crippen LogP contribution in [0.25, 0.3) is 22.2 Å². The molecule has 3 aromatic carbocycles. The van der Waals surface area contributed by atoms with Gasteiger partial charge in [-0.15, -0.1) is 0 Å². The van der Waals surface area contributed by atoms with Crippen molar-refractivity contribution in [1.82, 2.24) is 4.98 Å². The van der Waals surface area contributed by atoms with Crippen molar-refractivity contribution in [2.45, 2.75) is 0 Å². The van der Waals surface area contributed by atoms with E-state index in [1.807, 2.05) is 72.8 Å². The highest BCUT2D eigenvalue weighted by Gasteiger charge is 2.10. The van der Waals surface area contributed by atoms with Crippen LogP contribution in [0.2, 0.25) is 0 Å². The van der Waals surface area contributed by atoms with Gasteiger partial charge < -0.3 is 14.5 Å². The first-order valence-corrected chi connectivity index (χ1v) is 7.69. The number of methoxy groups -OCH3 is 1. The molecular weight excluding hydrogens is 300 g/mol. The van der Waals surface area contributed by atoms with Gasteiger partial charge in [0, 0.05) is 11.3 Å². The molecule has 118 valence electrons. The Morgan fingerprint density at radius 2 is 1.71 bits per heavy atom. The number of anilines is 2. The van der Waals surface area contributed by atoms with Gasteiger partial charge in [-0.1, -0.05) is 42.5 Å². The molecule has 0 saturated carbocycles. The lowest BCUT2D eigenvalue weighted by atomic mass is 10.0. The van der Waals surface area contributed by atoms with E-state index in [1.165, 1.54) is 0 Å². The summed E-state index contributed by atoms with van der Waals surface area (Å²) in [5.41, 5.74) is 4.56. The Bertz CT molecular complexity index is 977. The Balaban J connectivity index is 1.71. The number of nitrogens with one attached hydrogen (secondary N) is 1. The maximum Gasteiger partial charge on any atom is 0.300 e. The van der Waals surface area contributed by atoms with Crippen molar-refractivity contribution in [1.29, 1.82) is 0 Å². The molecule has 0 bridgehead atoms. The van der Waals surface area contributed by atoms with Crippen molar-refractivity contribution in [3.63, 3.8) is 0 Å². The average molecular weight is 316 g/mol. The first kappa shape index (κ1) is 14.3. The summed E-state index contributed by atoms with van der Waals surface area (Å²) in [6, 6.07) is 24.2. The molecule has 0 saturated heterocycles. The van der Waals surface area contributed by atoms with Gasteiger partial charge in [0.2, 0.25) is 0 Å². The number of oxazole rings is 1. The standard InChI is InChI=1S/C20H16N2O2/c1-23-18-10-6-5-9-16(18)14-11-12-19-17(13-14)22-20(24-19)21-15-7-3-2-4-8-15/h2-13H,1H3,(H,21,22). The molecule has 0 unspecified atom stereocenters. The molecule has 4 nitrogen and oxygen atoms in total. The van der Waals surface area contributed by atoms with Crippen LogP contribution in [0.4, 0.5) is 11.7 Å². The minimum atomic E-state index is 0.480. The van der Waals surface area contributed by atoms with E-state index in [-0.39, 0.29) is 0 Å². The minimum Gasteiger partial charge on any atom is -0.496 e. The predicted molar refractivity (Wildman–Crippen MR) is 95.7 cm³/mol. The van der Waals surface area contributed by atoms with Crippen molar-refractivity contribution in [2.24, 2.45) is 0 Å². The molecule has 1 heterocycles. The van der Waals surface area contributed by atoms with Crippen LogP contribution in [0.1, 0.15) is 0 Å². The number of ether oxygens (including phenoxy) is 1. The summed E-state index contributed by atoms with van der Waals surface area (Å²) in [5, 5.41) is 3.17. The first-order valence-electron chi connectivity index (χ1n) is 7.69. The fourth-order valence-corrected chi connectivity index (χ4v) is 2.68. The summed E-state index contributed by atoms with van der Waals surface area (Å²) < 4.78 is 11.2. The summed E-state index contributed by atoms with van der Waals surface area (Å²) in [7, 11) is 1.68. The SMILES string of the molecule is COc1ccccc1-c1ccc2oc(Nc3ccccc3)nc2c1. The van der Waals surface area contributed by atoms with Crippen LogP contribution in [-0.2, 0) is 0 Å². The largest absolute Gasteiger partial charge is 0.496 e. The lowest BCUT2D eigenvalue weighted by Crippen LogP contribution is -1.88. The van der Waals surface area contributed by atoms with Crippen molar-refractivity contribution < 1.29 is 9.15 Å². The molecule has 24 heavy (non-hydrogen) atoms. The van der Waals surface area contributed by atoms with Gasteiger partial charge in [-0.25, -0.2) is 0 Å². The fourth-order valence-electron chi connectivity index (χ4n) is 2.68. The number of nitrogens with zero attached hydrogens (tertiary/aromatic N) is 1. The number of benzene rings is 3. The highest BCUT2D eigenvalue weighted by Crippen LogP contribution is 2.32. The smallest absolute Gasteiger partial charge is 0.300 e. The normalized spacial score (nSPS) is 10.7. The highest BCUT2D eigenvalue weighted by atomic mass is 16.5. The van der Waals surface area contributed by atoms with Crippen LogP contribution >= 0.6 is 0 Å². The molecule has 0 radical (unpaired) electrons. The Hall–Kier alpha value is -3.27. The van der Waals surface area contributed by atoms with Crippen LogP contribution in [-0.4, -0.2) is 12.1 Å². The van der Waals surface area contributed by atoms with Crippen LogP contribution in [0.5, 0.6) is 5.75 Å². The number of fused-ring (bicyclic) bond motifs is 1. The van der Waals surface area contributed by atoms with Crippen molar-refractivity contribution in [3.8, 4) is 16.9 Å². The van der Waals surface area contributed by atoms with Crippen molar-refractivity contribution in [2.75, 3.05) is 12.4 Å². The molecule has 4 aromatic rings. The van der Waals surface area contributed by atoms with Gasteiger partial charge in [-0.2, -0.15) is 4.98 Å². The zero-order valence-electron chi connectivity index (χ0n) is 13.2. The maximum atomic E-state index is 5.77. The summed E-state index contributed by atoms with van der Waals surface area (Å²) in [6.07, 6.45) is 0. The van der Waals surface area contributed by atoms with Gasteiger partial charge >= 0.3 is 0 Å². The molecule has 0 spiro atoms. The Morgan fingerprint density at radius 1 is 0.917 bits per heavy atom. The average Bonchev–Trinajstić information content (AvgIpc) is 3.03. The lowest BCUT2D eigenvalue weighted by Gasteiger charge is -2.07. The summed E-state index contributed by atoms with van der Waals surface area (Å²) >= 11 is 0. The number of hydrogen-bond donors (Lipinski definition) is 1. The maximum absolute atomic E-state index is 5.77. The topological polar surface area (TPSA) is 47.3 Å². The highest BCUT2D eigenvalue weighted by molar-refractivity contribution is 5.83. The monoisotopic (exact) mass is 316 g/mol. The summed E-state index contributed by atoms with van der Waals surface area (Å²) in [4.78, 5) is 4.53. The molecule has 0 aliphatic heterocycles.